The first-order chi connectivity index (χ1) is 20.2. The number of benzene rings is 1. The van der Waals surface area contributed by atoms with E-state index in [1.807, 2.05) is 0 Å². The molecule has 4 heterocycles. The maximum absolute atomic E-state index is 13.3. The van der Waals surface area contributed by atoms with Gasteiger partial charge in [0, 0.05) is 29.6 Å². The van der Waals surface area contributed by atoms with Crippen molar-refractivity contribution in [3.63, 3.8) is 0 Å². The average Bonchev–Trinajstić information content (AvgIpc) is 3.74. The van der Waals surface area contributed by atoms with Gasteiger partial charge in [-0.1, -0.05) is 6.07 Å². The predicted molar refractivity (Wildman–Crippen MR) is 144 cm³/mol. The second kappa shape index (κ2) is 10.4. The molecule has 0 aliphatic heterocycles. The summed E-state index contributed by atoms with van der Waals surface area (Å²) in [5.74, 6) is 1.06. The summed E-state index contributed by atoms with van der Waals surface area (Å²) in [6.45, 7) is 0.0885. The smallest absolute Gasteiger partial charge is 0.435 e. The highest BCUT2D eigenvalue weighted by atomic mass is 19.4. The summed E-state index contributed by atoms with van der Waals surface area (Å²) in [6, 6.07) is 8.71. The minimum absolute atomic E-state index is 0.0885. The Morgan fingerprint density at radius 2 is 1.79 bits per heavy atom. The van der Waals surface area contributed by atoms with E-state index in [1.54, 1.807) is 30.5 Å². The van der Waals surface area contributed by atoms with Crippen molar-refractivity contribution in [1.82, 2.24) is 34.3 Å². The van der Waals surface area contributed by atoms with Gasteiger partial charge in [0.15, 0.2) is 11.5 Å². The van der Waals surface area contributed by atoms with Crippen molar-refractivity contribution in [1.29, 1.82) is 0 Å². The lowest BCUT2D eigenvalue weighted by Crippen LogP contribution is -2.21. The van der Waals surface area contributed by atoms with E-state index in [2.05, 4.69) is 20.1 Å². The first kappa shape index (κ1) is 27.2. The largest absolute Gasteiger partial charge is 0.494 e. The van der Waals surface area contributed by atoms with Gasteiger partial charge in [-0.2, -0.15) is 23.0 Å². The van der Waals surface area contributed by atoms with Crippen LogP contribution in [0, 0.1) is 0 Å². The highest BCUT2D eigenvalue weighted by molar-refractivity contribution is 5.78. The molecule has 1 saturated carbocycles. The zero-order chi connectivity index (χ0) is 29.6. The second-order valence-electron chi connectivity index (χ2n) is 9.64. The maximum atomic E-state index is 13.3. The van der Waals surface area contributed by atoms with Crippen LogP contribution in [0.15, 0.2) is 53.7 Å². The van der Waals surface area contributed by atoms with E-state index in [4.69, 9.17) is 19.2 Å². The third-order valence-corrected chi connectivity index (χ3v) is 6.94. The van der Waals surface area contributed by atoms with Crippen LogP contribution in [0.4, 0.5) is 13.2 Å². The minimum Gasteiger partial charge on any atom is -0.494 e. The number of hydrogen-bond donors (Lipinski definition) is 0. The third kappa shape index (κ3) is 4.88. The van der Waals surface area contributed by atoms with Crippen LogP contribution in [0.25, 0.3) is 28.1 Å². The van der Waals surface area contributed by atoms with Gasteiger partial charge in [-0.15, -0.1) is 0 Å². The minimum atomic E-state index is -4.66. The lowest BCUT2D eigenvalue weighted by molar-refractivity contribution is -0.141. The first-order valence-corrected chi connectivity index (χ1v) is 12.9. The van der Waals surface area contributed by atoms with E-state index in [0.717, 1.165) is 29.3 Å². The average molecular weight is 580 g/mol. The van der Waals surface area contributed by atoms with E-state index in [-0.39, 0.29) is 35.3 Å². The highest BCUT2D eigenvalue weighted by Gasteiger charge is 2.36. The fourth-order valence-electron chi connectivity index (χ4n) is 4.76. The molecule has 0 unspecified atom stereocenters. The van der Waals surface area contributed by atoms with Crippen molar-refractivity contribution < 1.29 is 27.4 Å². The van der Waals surface area contributed by atoms with Crippen molar-refractivity contribution in [2.75, 3.05) is 21.3 Å². The molecule has 11 nitrogen and oxygen atoms in total. The number of alkyl halides is 3. The van der Waals surface area contributed by atoms with Gasteiger partial charge in [0.1, 0.15) is 29.0 Å². The zero-order valence-corrected chi connectivity index (χ0v) is 22.7. The van der Waals surface area contributed by atoms with Gasteiger partial charge in [-0.05, 0) is 36.6 Å². The van der Waals surface area contributed by atoms with Crippen molar-refractivity contribution in [2.45, 2.75) is 31.5 Å². The van der Waals surface area contributed by atoms with Gasteiger partial charge in [-0.3, -0.25) is 9.36 Å². The molecule has 6 rings (SSSR count). The molecule has 0 spiro atoms. The molecule has 0 radical (unpaired) electrons. The Morgan fingerprint density at radius 3 is 2.48 bits per heavy atom. The normalized spacial score (nSPS) is 13.4. The van der Waals surface area contributed by atoms with Crippen LogP contribution < -0.4 is 19.8 Å². The lowest BCUT2D eigenvalue weighted by atomic mass is 10.1. The molecule has 14 heteroatoms. The number of aromatic nitrogens is 7. The third-order valence-electron chi connectivity index (χ3n) is 6.94. The fraction of sp³-hybridized carbons (Fsp3) is 0.286. The molecule has 0 N–H and O–H groups in total. The summed E-state index contributed by atoms with van der Waals surface area (Å²) in [4.78, 5) is 31.1. The summed E-state index contributed by atoms with van der Waals surface area (Å²) in [5, 5.41) is 4.30. The standard InChI is InChI=1S/C28H24F3N7O4/c1-40-19-10-15(4-8-18(19)38-22(41-2)11-20(36-38)28(29,30)31)13-37-21(39)9-7-17-12-32-25(35-26(17)37)23-24(16-5-6-16)33-14-34-27(23)42-3/h4,7-12,14,16H,5-6,13H2,1-3H3. The summed E-state index contributed by atoms with van der Waals surface area (Å²) >= 11 is 0. The quantitative estimate of drug-likeness (QED) is 0.263. The van der Waals surface area contributed by atoms with Gasteiger partial charge in [0.25, 0.3) is 5.56 Å². The maximum Gasteiger partial charge on any atom is 0.435 e. The Labute approximate surface area is 236 Å². The van der Waals surface area contributed by atoms with Crippen molar-refractivity contribution in [3.8, 4) is 34.6 Å². The van der Waals surface area contributed by atoms with Crippen molar-refractivity contribution >= 4 is 11.0 Å². The number of nitrogens with zero attached hydrogens (tertiary/aromatic N) is 7. The molecule has 4 aromatic heterocycles. The van der Waals surface area contributed by atoms with Crippen LogP contribution in [0.3, 0.4) is 0 Å². The summed E-state index contributed by atoms with van der Waals surface area (Å²) < 4.78 is 58.6. The Balaban J connectivity index is 1.42. The Kier molecular flexibility index (Phi) is 6.75. The fourth-order valence-corrected chi connectivity index (χ4v) is 4.76. The van der Waals surface area contributed by atoms with Crippen LogP contribution in [-0.2, 0) is 12.7 Å². The molecular weight excluding hydrogens is 555 g/mol. The molecule has 1 fully saturated rings. The predicted octanol–water partition coefficient (Wildman–Crippen LogP) is 4.40. The number of methoxy groups -OCH3 is 3. The summed E-state index contributed by atoms with van der Waals surface area (Å²) in [6.07, 6.45) is 0.406. The Bertz CT molecular complexity index is 1870. The monoisotopic (exact) mass is 579 g/mol. The molecule has 1 aliphatic rings. The number of rotatable bonds is 8. The number of ether oxygens (including phenoxy) is 3. The van der Waals surface area contributed by atoms with Gasteiger partial charge in [0.05, 0.1) is 33.6 Å². The van der Waals surface area contributed by atoms with E-state index in [0.29, 0.717) is 33.9 Å². The van der Waals surface area contributed by atoms with Gasteiger partial charge >= 0.3 is 6.18 Å². The van der Waals surface area contributed by atoms with Crippen molar-refractivity contribution in [2.24, 2.45) is 0 Å². The lowest BCUT2D eigenvalue weighted by Gasteiger charge is -2.15. The molecule has 5 aromatic rings. The van der Waals surface area contributed by atoms with Crippen LogP contribution in [0.5, 0.6) is 17.5 Å². The Hall–Kier alpha value is -5.01. The van der Waals surface area contributed by atoms with E-state index < -0.39 is 11.9 Å². The van der Waals surface area contributed by atoms with E-state index in [9.17, 15) is 18.0 Å². The molecule has 0 bridgehead atoms. The van der Waals surface area contributed by atoms with Crippen LogP contribution in [0.1, 0.15) is 35.7 Å². The molecule has 1 aromatic carbocycles. The highest BCUT2D eigenvalue weighted by Crippen LogP contribution is 2.45. The Morgan fingerprint density at radius 1 is 0.976 bits per heavy atom. The van der Waals surface area contributed by atoms with Crippen molar-refractivity contribution in [3.05, 3.63) is 76.2 Å². The summed E-state index contributed by atoms with van der Waals surface area (Å²) in [5.41, 5.74) is 1.22. The zero-order valence-electron chi connectivity index (χ0n) is 22.7. The van der Waals surface area contributed by atoms with Gasteiger partial charge < -0.3 is 14.2 Å². The molecule has 0 amide bonds. The number of halogens is 3. The second-order valence-corrected chi connectivity index (χ2v) is 9.64. The molecule has 42 heavy (non-hydrogen) atoms. The molecule has 1 aliphatic carbocycles. The van der Waals surface area contributed by atoms with E-state index in [1.165, 1.54) is 38.3 Å². The SMILES string of the molecule is COc1cc(Cn2c(=O)ccc3cnc(-c4c(OC)ncnc4C4CC4)nc32)ccc1-n1nc(C(F)(F)F)cc1OC. The topological polar surface area (TPSA) is 119 Å². The number of fused-ring (bicyclic) bond motifs is 1. The molecule has 0 saturated heterocycles. The molecule has 0 atom stereocenters. The van der Waals surface area contributed by atoms with E-state index >= 15 is 0 Å². The van der Waals surface area contributed by atoms with Gasteiger partial charge in [0.2, 0.25) is 11.8 Å². The molecule has 216 valence electrons. The number of pyridine rings is 1. The van der Waals surface area contributed by atoms with Crippen LogP contribution in [0.2, 0.25) is 0 Å². The summed E-state index contributed by atoms with van der Waals surface area (Å²) in [7, 11) is 4.15. The van der Waals surface area contributed by atoms with Crippen LogP contribution >= 0.6 is 0 Å². The number of hydrogen-bond acceptors (Lipinski definition) is 9. The van der Waals surface area contributed by atoms with Gasteiger partial charge in [-0.25, -0.2) is 19.9 Å². The first-order valence-electron chi connectivity index (χ1n) is 12.9. The molecular formula is C28H24F3N7O4. The van der Waals surface area contributed by atoms with Crippen LogP contribution in [-0.4, -0.2) is 55.6 Å².